The van der Waals surface area contributed by atoms with Crippen LogP contribution in [0.4, 0.5) is 0 Å². The van der Waals surface area contributed by atoms with E-state index in [0.717, 1.165) is 22.3 Å². The summed E-state index contributed by atoms with van der Waals surface area (Å²) in [5, 5.41) is 0. The van der Waals surface area contributed by atoms with Gasteiger partial charge < -0.3 is 0 Å². The van der Waals surface area contributed by atoms with Crippen LogP contribution in [0.5, 0.6) is 0 Å². The zero-order valence-corrected chi connectivity index (χ0v) is 12.7. The summed E-state index contributed by atoms with van der Waals surface area (Å²) in [6.45, 7) is 4.00. The minimum absolute atomic E-state index is 0.524. The molecule has 0 aliphatic carbocycles. The first kappa shape index (κ1) is 15.6. The van der Waals surface area contributed by atoms with E-state index in [4.69, 9.17) is 0 Å². The van der Waals surface area contributed by atoms with Crippen molar-refractivity contribution in [2.45, 2.75) is 13.8 Å². The lowest BCUT2D eigenvalue weighted by Gasteiger charge is -1.95. The van der Waals surface area contributed by atoms with Gasteiger partial charge in [-0.2, -0.15) is 0 Å². The van der Waals surface area contributed by atoms with Gasteiger partial charge in [-0.25, -0.2) is 0 Å². The Balaban J connectivity index is 1.98. The molecule has 0 aliphatic heterocycles. The molecule has 0 aliphatic rings. The van der Waals surface area contributed by atoms with Crippen LogP contribution in [0, 0.1) is 13.8 Å². The first-order valence-corrected chi connectivity index (χ1v) is 7.12. The van der Waals surface area contributed by atoms with Crippen LogP contribution in [0.15, 0.2) is 60.7 Å². The second-order valence-corrected chi connectivity index (χ2v) is 5.22. The fourth-order valence-corrected chi connectivity index (χ4v) is 1.86. The summed E-state index contributed by atoms with van der Waals surface area (Å²) in [6.07, 6.45) is 5.93. The maximum atomic E-state index is 11.8. The molecular formula is C20H18O2. The van der Waals surface area contributed by atoms with Crippen molar-refractivity contribution < 1.29 is 9.59 Å². The lowest BCUT2D eigenvalue weighted by atomic mass is 10.1. The molecule has 0 radical (unpaired) electrons. The summed E-state index contributed by atoms with van der Waals surface area (Å²) < 4.78 is 0. The monoisotopic (exact) mass is 290 g/mol. The quantitative estimate of drug-likeness (QED) is 0.612. The van der Waals surface area contributed by atoms with Crippen molar-refractivity contribution in [2.75, 3.05) is 0 Å². The van der Waals surface area contributed by atoms with E-state index in [1.165, 1.54) is 12.2 Å². The first-order chi connectivity index (χ1) is 10.5. The molecule has 0 bridgehead atoms. The molecule has 2 aromatic carbocycles. The molecule has 2 rings (SSSR count). The number of benzene rings is 2. The van der Waals surface area contributed by atoms with Crippen molar-refractivity contribution in [3.63, 3.8) is 0 Å². The molecule has 2 heteroatoms. The van der Waals surface area contributed by atoms with E-state index in [0.29, 0.717) is 0 Å². The van der Waals surface area contributed by atoms with Gasteiger partial charge in [-0.15, -0.1) is 0 Å². The Kier molecular flexibility index (Phi) is 5.21. The second-order valence-electron chi connectivity index (χ2n) is 5.22. The maximum Gasteiger partial charge on any atom is 0.225 e. The van der Waals surface area contributed by atoms with Crippen LogP contribution in [0.3, 0.4) is 0 Å². The van der Waals surface area contributed by atoms with E-state index in [9.17, 15) is 9.59 Å². The highest BCUT2D eigenvalue weighted by Gasteiger charge is 2.05. The fraction of sp³-hybridized carbons (Fsp3) is 0.100. The Morgan fingerprint density at radius 3 is 1.27 bits per heavy atom. The van der Waals surface area contributed by atoms with E-state index in [1.54, 1.807) is 12.2 Å². The number of rotatable bonds is 5. The Labute approximate surface area is 130 Å². The molecule has 0 aromatic heterocycles. The highest BCUT2D eigenvalue weighted by molar-refractivity contribution is 6.46. The van der Waals surface area contributed by atoms with Gasteiger partial charge in [0.2, 0.25) is 11.6 Å². The zero-order chi connectivity index (χ0) is 15.9. The van der Waals surface area contributed by atoms with Crippen molar-refractivity contribution in [1.82, 2.24) is 0 Å². The first-order valence-electron chi connectivity index (χ1n) is 7.12. The summed E-state index contributed by atoms with van der Waals surface area (Å²) in [6, 6.07) is 15.5. The van der Waals surface area contributed by atoms with Gasteiger partial charge in [-0.3, -0.25) is 9.59 Å². The number of aryl methyl sites for hydroxylation is 2. The number of allylic oxidation sites excluding steroid dienone is 2. The number of hydrogen-bond acceptors (Lipinski definition) is 2. The van der Waals surface area contributed by atoms with Crippen molar-refractivity contribution in [3.8, 4) is 0 Å². The lowest BCUT2D eigenvalue weighted by Crippen LogP contribution is -2.06. The van der Waals surface area contributed by atoms with E-state index in [1.807, 2.05) is 62.4 Å². The predicted molar refractivity (Wildman–Crippen MR) is 90.4 cm³/mol. The van der Waals surface area contributed by atoms with E-state index >= 15 is 0 Å². The standard InChI is InChI=1S/C20H18O2/c1-15-3-7-17(8-4-15)11-13-19(21)20(22)14-12-18-9-5-16(2)6-10-18/h3-14H,1-2H3/b13-11+,14-12+. The average Bonchev–Trinajstić information content (AvgIpc) is 2.53. The molecule has 0 fully saturated rings. The van der Waals surface area contributed by atoms with Gasteiger partial charge in [0.1, 0.15) is 0 Å². The highest BCUT2D eigenvalue weighted by Crippen LogP contribution is 2.06. The van der Waals surface area contributed by atoms with E-state index < -0.39 is 11.6 Å². The lowest BCUT2D eigenvalue weighted by molar-refractivity contribution is -0.130. The number of ketones is 2. The summed E-state index contributed by atoms with van der Waals surface area (Å²) in [5.41, 5.74) is 4.10. The molecular weight excluding hydrogens is 272 g/mol. The molecule has 0 spiro atoms. The Morgan fingerprint density at radius 2 is 0.955 bits per heavy atom. The van der Waals surface area contributed by atoms with Crippen LogP contribution in [-0.4, -0.2) is 11.6 Å². The maximum absolute atomic E-state index is 11.8. The largest absolute Gasteiger partial charge is 0.286 e. The number of hydrogen-bond donors (Lipinski definition) is 0. The molecule has 0 heterocycles. The van der Waals surface area contributed by atoms with Crippen LogP contribution in [0.2, 0.25) is 0 Å². The highest BCUT2D eigenvalue weighted by atomic mass is 16.2. The molecule has 0 saturated heterocycles. The molecule has 110 valence electrons. The van der Waals surface area contributed by atoms with Gasteiger partial charge in [0.25, 0.3) is 0 Å². The Bertz CT molecular complexity index is 652. The fourth-order valence-electron chi connectivity index (χ4n) is 1.86. The van der Waals surface area contributed by atoms with Crippen LogP contribution in [0.1, 0.15) is 22.3 Å². The molecule has 0 saturated carbocycles. The number of carbonyl (C=O) groups excluding carboxylic acids is 2. The third-order valence-corrected chi connectivity index (χ3v) is 3.25. The minimum atomic E-state index is -0.524. The predicted octanol–water partition coefficient (Wildman–Crippen LogP) is 4.17. The molecule has 0 amide bonds. The van der Waals surface area contributed by atoms with E-state index in [2.05, 4.69) is 0 Å². The Morgan fingerprint density at radius 1 is 0.636 bits per heavy atom. The van der Waals surface area contributed by atoms with Gasteiger partial charge in [-0.05, 0) is 37.1 Å². The van der Waals surface area contributed by atoms with Gasteiger partial charge in [0.15, 0.2) is 0 Å². The smallest absolute Gasteiger partial charge is 0.225 e. The molecule has 22 heavy (non-hydrogen) atoms. The van der Waals surface area contributed by atoms with Gasteiger partial charge >= 0.3 is 0 Å². The molecule has 0 atom stereocenters. The summed E-state index contributed by atoms with van der Waals surface area (Å²) >= 11 is 0. The van der Waals surface area contributed by atoms with Gasteiger partial charge in [0, 0.05) is 0 Å². The summed E-state index contributed by atoms with van der Waals surface area (Å²) in [4.78, 5) is 23.5. The van der Waals surface area contributed by atoms with Crippen LogP contribution >= 0.6 is 0 Å². The third-order valence-electron chi connectivity index (χ3n) is 3.25. The van der Waals surface area contributed by atoms with Crippen LogP contribution in [0.25, 0.3) is 12.2 Å². The Hall–Kier alpha value is -2.74. The molecule has 0 N–H and O–H groups in total. The SMILES string of the molecule is Cc1ccc(/C=C/C(=O)C(=O)/C=C/c2ccc(C)cc2)cc1. The summed E-state index contributed by atoms with van der Waals surface area (Å²) in [5.74, 6) is -1.05. The third kappa shape index (κ3) is 4.67. The summed E-state index contributed by atoms with van der Waals surface area (Å²) in [7, 11) is 0. The normalized spacial score (nSPS) is 11.2. The second kappa shape index (κ2) is 7.32. The van der Waals surface area contributed by atoms with E-state index in [-0.39, 0.29) is 0 Å². The van der Waals surface area contributed by atoms with Crippen LogP contribution in [-0.2, 0) is 9.59 Å². The van der Waals surface area contributed by atoms with Gasteiger partial charge in [-0.1, -0.05) is 71.8 Å². The van der Waals surface area contributed by atoms with Crippen molar-refractivity contribution >= 4 is 23.7 Å². The van der Waals surface area contributed by atoms with Crippen LogP contribution < -0.4 is 0 Å². The van der Waals surface area contributed by atoms with Gasteiger partial charge in [0.05, 0.1) is 0 Å². The van der Waals surface area contributed by atoms with Crippen molar-refractivity contribution in [3.05, 3.63) is 82.9 Å². The van der Waals surface area contributed by atoms with Crippen molar-refractivity contribution in [1.29, 1.82) is 0 Å². The average molecular weight is 290 g/mol. The topological polar surface area (TPSA) is 34.1 Å². The number of carbonyl (C=O) groups is 2. The molecule has 0 unspecified atom stereocenters. The van der Waals surface area contributed by atoms with Crippen molar-refractivity contribution in [2.24, 2.45) is 0 Å². The molecule has 2 nitrogen and oxygen atoms in total. The minimum Gasteiger partial charge on any atom is -0.286 e. The zero-order valence-electron chi connectivity index (χ0n) is 12.7. The molecule has 2 aromatic rings.